The Morgan fingerprint density at radius 2 is 2.29 bits per heavy atom. The van der Waals surface area contributed by atoms with E-state index in [0.717, 1.165) is 16.3 Å². The van der Waals surface area contributed by atoms with Gasteiger partial charge < -0.3 is 15.4 Å². The zero-order chi connectivity index (χ0) is 15.2. The number of hydrogen-bond donors (Lipinski definition) is 2. The fraction of sp³-hybridized carbons (Fsp3) is 0.214. The predicted molar refractivity (Wildman–Crippen MR) is 89.1 cm³/mol. The van der Waals surface area contributed by atoms with Crippen LogP contribution in [-0.4, -0.2) is 22.7 Å². The number of carbonyl (C=O) groups excluding carboxylic acids is 1. The van der Waals surface area contributed by atoms with Gasteiger partial charge in [0.15, 0.2) is 5.11 Å². The number of thiocarbonyl (C=S) groups is 1. The minimum atomic E-state index is -0.306. The first-order valence-electron chi connectivity index (χ1n) is 6.35. The minimum absolute atomic E-state index is 0.306. The molecule has 0 radical (unpaired) electrons. The van der Waals surface area contributed by atoms with Crippen molar-refractivity contribution in [3.05, 3.63) is 41.0 Å². The first-order valence-corrected chi connectivity index (χ1v) is 7.58. The largest absolute Gasteiger partial charge is 0.462 e. The number of anilines is 2. The Morgan fingerprint density at radius 3 is 2.95 bits per heavy atom. The van der Waals surface area contributed by atoms with Gasteiger partial charge in [0.1, 0.15) is 4.88 Å². The number of carbonyl (C=O) groups is 1. The van der Waals surface area contributed by atoms with Crippen molar-refractivity contribution in [3.8, 4) is 0 Å². The molecule has 0 aliphatic rings. The topological polar surface area (TPSA) is 63.2 Å². The highest BCUT2D eigenvalue weighted by Gasteiger charge is 2.15. The first kappa shape index (κ1) is 15.4. The van der Waals surface area contributed by atoms with Crippen LogP contribution in [0, 0.1) is 6.92 Å². The fourth-order valence-corrected chi connectivity index (χ4v) is 2.92. The molecule has 5 nitrogen and oxygen atoms in total. The van der Waals surface area contributed by atoms with E-state index in [-0.39, 0.29) is 5.97 Å². The van der Waals surface area contributed by atoms with Crippen molar-refractivity contribution in [1.29, 1.82) is 0 Å². The van der Waals surface area contributed by atoms with Gasteiger partial charge >= 0.3 is 5.97 Å². The van der Waals surface area contributed by atoms with E-state index in [4.69, 9.17) is 17.0 Å². The van der Waals surface area contributed by atoms with Gasteiger partial charge in [0, 0.05) is 6.20 Å². The molecule has 2 aromatic heterocycles. The van der Waals surface area contributed by atoms with Crippen molar-refractivity contribution in [1.82, 2.24) is 4.98 Å². The Morgan fingerprint density at radius 1 is 1.48 bits per heavy atom. The SMILES string of the molecule is CCOC(=O)c1sc(NC(=S)Nc2cccnc2)cc1C. The van der Waals surface area contributed by atoms with Crippen LogP contribution in [0.15, 0.2) is 30.6 Å². The van der Waals surface area contributed by atoms with E-state index >= 15 is 0 Å². The van der Waals surface area contributed by atoms with Crippen molar-refractivity contribution < 1.29 is 9.53 Å². The smallest absolute Gasteiger partial charge is 0.348 e. The molecule has 0 fully saturated rings. The Balaban J connectivity index is 2.01. The quantitative estimate of drug-likeness (QED) is 0.664. The lowest BCUT2D eigenvalue weighted by atomic mass is 10.3. The number of aromatic nitrogens is 1. The van der Waals surface area contributed by atoms with Gasteiger partial charge in [0.05, 0.1) is 23.5 Å². The summed E-state index contributed by atoms with van der Waals surface area (Å²) < 4.78 is 5.01. The third kappa shape index (κ3) is 4.24. The Bertz CT molecular complexity index is 641. The zero-order valence-corrected chi connectivity index (χ0v) is 13.3. The minimum Gasteiger partial charge on any atom is -0.462 e. The van der Waals surface area contributed by atoms with Crippen LogP contribution >= 0.6 is 23.6 Å². The van der Waals surface area contributed by atoms with Crippen LogP contribution in [-0.2, 0) is 4.74 Å². The normalized spacial score (nSPS) is 10.0. The van der Waals surface area contributed by atoms with E-state index in [0.29, 0.717) is 16.6 Å². The second kappa shape index (κ2) is 7.14. The molecule has 0 aliphatic heterocycles. The van der Waals surface area contributed by atoms with E-state index < -0.39 is 0 Å². The van der Waals surface area contributed by atoms with E-state index in [1.54, 1.807) is 19.3 Å². The van der Waals surface area contributed by atoms with E-state index in [9.17, 15) is 4.79 Å². The van der Waals surface area contributed by atoms with Crippen LogP contribution in [0.5, 0.6) is 0 Å². The van der Waals surface area contributed by atoms with Gasteiger partial charge in [-0.2, -0.15) is 0 Å². The standard InChI is InChI=1S/C14H15N3O2S2/c1-3-19-13(18)12-9(2)7-11(21-12)17-14(20)16-10-5-4-6-15-8-10/h4-8H,3H2,1-2H3,(H2,16,17,20). The van der Waals surface area contributed by atoms with Gasteiger partial charge in [-0.1, -0.05) is 0 Å². The molecule has 0 amide bonds. The summed E-state index contributed by atoms with van der Waals surface area (Å²) in [5, 5.41) is 7.31. The van der Waals surface area contributed by atoms with Crippen molar-refractivity contribution >= 4 is 45.3 Å². The summed E-state index contributed by atoms with van der Waals surface area (Å²) >= 11 is 6.55. The molecule has 0 saturated heterocycles. The van der Waals surface area contributed by atoms with Gasteiger partial charge in [0.2, 0.25) is 0 Å². The molecule has 2 N–H and O–H groups in total. The number of hydrogen-bond acceptors (Lipinski definition) is 5. The zero-order valence-electron chi connectivity index (χ0n) is 11.7. The van der Waals surface area contributed by atoms with E-state index in [2.05, 4.69) is 15.6 Å². The molecule has 2 heterocycles. The summed E-state index contributed by atoms with van der Waals surface area (Å²) in [6.07, 6.45) is 3.37. The van der Waals surface area contributed by atoms with Crippen LogP contribution in [0.3, 0.4) is 0 Å². The maximum absolute atomic E-state index is 11.8. The van der Waals surface area contributed by atoms with Crippen LogP contribution in [0.25, 0.3) is 0 Å². The number of nitrogens with one attached hydrogen (secondary N) is 2. The summed E-state index contributed by atoms with van der Waals surface area (Å²) in [5.74, 6) is -0.306. The number of ether oxygens (including phenoxy) is 1. The predicted octanol–water partition coefficient (Wildman–Crippen LogP) is 3.44. The highest BCUT2D eigenvalue weighted by molar-refractivity contribution is 7.80. The fourth-order valence-electron chi connectivity index (χ4n) is 1.65. The second-order valence-corrected chi connectivity index (χ2v) is 5.62. The van der Waals surface area contributed by atoms with Crippen LogP contribution in [0.2, 0.25) is 0 Å². The summed E-state index contributed by atoms with van der Waals surface area (Å²) in [6, 6.07) is 5.55. The van der Waals surface area contributed by atoms with Crippen molar-refractivity contribution in [3.63, 3.8) is 0 Å². The van der Waals surface area contributed by atoms with E-state index in [1.807, 2.05) is 25.1 Å². The molecule has 2 aromatic rings. The van der Waals surface area contributed by atoms with Gasteiger partial charge in [-0.15, -0.1) is 11.3 Å². The molecule has 0 spiro atoms. The Labute approximate surface area is 132 Å². The lowest BCUT2D eigenvalue weighted by molar-refractivity contribution is 0.0531. The number of rotatable bonds is 4. The maximum Gasteiger partial charge on any atom is 0.348 e. The molecule has 110 valence electrons. The second-order valence-electron chi connectivity index (χ2n) is 4.16. The summed E-state index contributed by atoms with van der Waals surface area (Å²) in [5.41, 5.74) is 1.67. The van der Waals surface area contributed by atoms with Gasteiger partial charge in [0.25, 0.3) is 0 Å². The summed E-state index contributed by atoms with van der Waals surface area (Å²) in [7, 11) is 0. The molecule has 21 heavy (non-hydrogen) atoms. The number of thiophene rings is 1. The molecule has 0 atom stereocenters. The lowest BCUT2D eigenvalue weighted by Gasteiger charge is -2.07. The van der Waals surface area contributed by atoms with Gasteiger partial charge in [-0.25, -0.2) is 4.79 Å². The average molecular weight is 321 g/mol. The molecule has 0 aromatic carbocycles. The average Bonchev–Trinajstić information content (AvgIpc) is 2.80. The molecular formula is C14H15N3O2S2. The van der Waals surface area contributed by atoms with Crippen LogP contribution in [0.1, 0.15) is 22.2 Å². The van der Waals surface area contributed by atoms with E-state index in [1.165, 1.54) is 11.3 Å². The van der Waals surface area contributed by atoms with Crippen molar-refractivity contribution in [2.45, 2.75) is 13.8 Å². The monoisotopic (exact) mass is 321 g/mol. The highest BCUT2D eigenvalue weighted by atomic mass is 32.1. The van der Waals surface area contributed by atoms with Crippen molar-refractivity contribution in [2.75, 3.05) is 17.2 Å². The van der Waals surface area contributed by atoms with Gasteiger partial charge in [-0.05, 0) is 49.8 Å². The number of nitrogens with zero attached hydrogens (tertiary/aromatic N) is 1. The lowest BCUT2D eigenvalue weighted by Crippen LogP contribution is -2.18. The maximum atomic E-state index is 11.8. The highest BCUT2D eigenvalue weighted by Crippen LogP contribution is 2.27. The molecule has 0 aliphatic carbocycles. The Hall–Kier alpha value is -1.99. The summed E-state index contributed by atoms with van der Waals surface area (Å²) in [6.45, 7) is 4.01. The van der Waals surface area contributed by atoms with Crippen molar-refractivity contribution in [2.24, 2.45) is 0 Å². The summed E-state index contributed by atoms with van der Waals surface area (Å²) in [4.78, 5) is 16.3. The molecular weight excluding hydrogens is 306 g/mol. The molecule has 0 unspecified atom stereocenters. The molecule has 2 rings (SSSR count). The molecule has 0 bridgehead atoms. The third-order valence-electron chi connectivity index (χ3n) is 2.53. The number of aryl methyl sites for hydroxylation is 1. The molecule has 0 saturated carbocycles. The van der Waals surface area contributed by atoms with Crippen LogP contribution < -0.4 is 10.6 Å². The molecule has 7 heteroatoms. The number of esters is 1. The van der Waals surface area contributed by atoms with Gasteiger partial charge in [-0.3, -0.25) is 4.98 Å². The first-order chi connectivity index (χ1) is 10.1. The number of pyridine rings is 1. The Kier molecular flexibility index (Phi) is 5.24. The van der Waals surface area contributed by atoms with Crippen LogP contribution in [0.4, 0.5) is 10.7 Å². The third-order valence-corrected chi connectivity index (χ3v) is 3.87.